The molecule has 1 aromatic heterocycles. The van der Waals surface area contributed by atoms with E-state index in [1.807, 2.05) is 42.1 Å². The number of aromatic nitrogens is 2. The molecule has 43 heavy (non-hydrogen) atoms. The van der Waals surface area contributed by atoms with Crippen LogP contribution in [0.5, 0.6) is 0 Å². The molecule has 3 aromatic rings. The molecule has 5 unspecified atom stereocenters. The van der Waals surface area contributed by atoms with Crippen LogP contribution in [0.15, 0.2) is 66.1 Å². The molecule has 230 valence electrons. The van der Waals surface area contributed by atoms with Crippen molar-refractivity contribution in [2.75, 3.05) is 17.6 Å². The van der Waals surface area contributed by atoms with Crippen LogP contribution in [0, 0.1) is 5.92 Å². The Morgan fingerprint density at radius 3 is 2.58 bits per heavy atom. The van der Waals surface area contributed by atoms with Crippen LogP contribution in [-0.2, 0) is 32.7 Å². The van der Waals surface area contributed by atoms with Crippen LogP contribution in [0.1, 0.15) is 48.8 Å². The van der Waals surface area contributed by atoms with Crippen molar-refractivity contribution < 1.29 is 37.3 Å². The maximum absolute atomic E-state index is 13.1. The zero-order valence-electron chi connectivity index (χ0n) is 23.7. The molecule has 0 aliphatic carbocycles. The summed E-state index contributed by atoms with van der Waals surface area (Å²) in [6, 6.07) is 13.1. The number of imidazole rings is 1. The molecule has 5 atom stereocenters. The standard InChI is InChI=1S/C30H33F3N4O5S/c1-18-24(17-43-29-34-12-14-36(29)2)41-27(42-25(18)20-10-8-19(16-38)9-11-20)21-5-3-6-22(15-21)35-26(39)23-7-4-13-37(23)28(40)30(31,32)33/h3,5-6,8-12,14-15,18,23-25,27,38H,4,7,13,16-17H2,1-2H3,(H,35,39). The normalized spacial score (nSPS) is 24.2. The minimum Gasteiger partial charge on any atom is -0.392 e. The minimum absolute atomic E-state index is 0.0496. The molecule has 5 rings (SSSR count). The molecule has 2 fully saturated rings. The van der Waals surface area contributed by atoms with Gasteiger partial charge >= 0.3 is 12.1 Å². The second-order valence-electron chi connectivity index (χ2n) is 10.7. The van der Waals surface area contributed by atoms with Crippen molar-refractivity contribution in [3.05, 3.63) is 77.6 Å². The summed E-state index contributed by atoms with van der Waals surface area (Å²) in [6.45, 7) is 1.85. The molecule has 2 amide bonds. The molecule has 2 aliphatic heterocycles. The van der Waals surface area contributed by atoms with E-state index >= 15 is 0 Å². The second-order valence-corrected chi connectivity index (χ2v) is 11.7. The lowest BCUT2D eigenvalue weighted by Gasteiger charge is -2.41. The largest absolute Gasteiger partial charge is 0.471 e. The fourth-order valence-electron chi connectivity index (χ4n) is 5.39. The Bertz CT molecular complexity index is 1430. The third-order valence-corrected chi connectivity index (χ3v) is 8.91. The summed E-state index contributed by atoms with van der Waals surface area (Å²) in [7, 11) is 1.92. The van der Waals surface area contributed by atoms with Gasteiger partial charge in [0.1, 0.15) is 6.04 Å². The Labute approximate surface area is 251 Å². The highest BCUT2D eigenvalue weighted by molar-refractivity contribution is 7.99. The van der Waals surface area contributed by atoms with Gasteiger partial charge in [-0.05, 0) is 36.1 Å². The first-order valence-electron chi connectivity index (χ1n) is 13.9. The van der Waals surface area contributed by atoms with E-state index in [4.69, 9.17) is 9.47 Å². The number of hydrogen-bond donors (Lipinski definition) is 2. The quantitative estimate of drug-likeness (QED) is 0.343. The number of likely N-dealkylation sites (tertiary alicyclic amines) is 1. The van der Waals surface area contributed by atoms with Crippen molar-refractivity contribution in [3.63, 3.8) is 0 Å². The van der Waals surface area contributed by atoms with Crippen LogP contribution < -0.4 is 5.32 Å². The maximum atomic E-state index is 13.1. The van der Waals surface area contributed by atoms with E-state index in [-0.39, 0.29) is 37.7 Å². The number of amides is 2. The van der Waals surface area contributed by atoms with Gasteiger partial charge in [0.25, 0.3) is 0 Å². The van der Waals surface area contributed by atoms with E-state index < -0.39 is 30.3 Å². The monoisotopic (exact) mass is 618 g/mol. The van der Waals surface area contributed by atoms with Crippen molar-refractivity contribution in [1.82, 2.24) is 14.5 Å². The van der Waals surface area contributed by atoms with Crippen LogP contribution in [-0.4, -0.2) is 62.0 Å². The Kier molecular flexibility index (Phi) is 9.45. The number of thioether (sulfide) groups is 1. The van der Waals surface area contributed by atoms with Crippen LogP contribution in [0.25, 0.3) is 0 Å². The molecule has 2 aromatic carbocycles. The van der Waals surface area contributed by atoms with E-state index in [0.717, 1.165) is 16.3 Å². The topological polar surface area (TPSA) is 106 Å². The van der Waals surface area contributed by atoms with Crippen molar-refractivity contribution in [1.29, 1.82) is 0 Å². The molecule has 3 heterocycles. The molecule has 0 saturated carbocycles. The number of aliphatic hydroxyl groups excluding tert-OH is 1. The fraction of sp³-hybridized carbons (Fsp3) is 0.433. The minimum atomic E-state index is -5.05. The average Bonchev–Trinajstić information content (AvgIpc) is 3.65. The van der Waals surface area contributed by atoms with Crippen molar-refractivity contribution in [2.24, 2.45) is 13.0 Å². The van der Waals surface area contributed by atoms with Gasteiger partial charge in [-0.2, -0.15) is 13.2 Å². The number of alkyl halides is 3. The summed E-state index contributed by atoms with van der Waals surface area (Å²) in [4.78, 5) is 29.8. The SMILES string of the molecule is CC1C(CSc2nccn2C)OC(c2cccc(NC(=O)C3CCCN3C(=O)C(F)(F)F)c2)OC1c1ccc(CO)cc1. The van der Waals surface area contributed by atoms with E-state index in [1.54, 1.807) is 42.2 Å². The summed E-state index contributed by atoms with van der Waals surface area (Å²) in [5.74, 6) is -2.15. The molecule has 0 spiro atoms. The number of aliphatic hydroxyl groups is 1. The van der Waals surface area contributed by atoms with Gasteiger partial charge in [0.2, 0.25) is 5.91 Å². The van der Waals surface area contributed by atoms with Crippen LogP contribution in [0.2, 0.25) is 0 Å². The highest BCUT2D eigenvalue weighted by Crippen LogP contribution is 2.43. The summed E-state index contributed by atoms with van der Waals surface area (Å²) < 4.78 is 54.0. The van der Waals surface area contributed by atoms with Crippen molar-refractivity contribution >= 4 is 29.3 Å². The van der Waals surface area contributed by atoms with Gasteiger partial charge in [0.05, 0.1) is 18.8 Å². The molecule has 0 radical (unpaired) electrons. The van der Waals surface area contributed by atoms with Gasteiger partial charge in [-0.1, -0.05) is 55.1 Å². The lowest BCUT2D eigenvalue weighted by atomic mass is 9.91. The molecule has 2 saturated heterocycles. The Hall–Kier alpha value is -3.39. The number of anilines is 1. The highest BCUT2D eigenvalue weighted by Gasteiger charge is 2.47. The molecule has 2 N–H and O–H groups in total. The molecule has 13 heteroatoms. The number of ether oxygens (including phenoxy) is 2. The number of rotatable bonds is 8. The van der Waals surface area contributed by atoms with Crippen molar-refractivity contribution in [3.8, 4) is 0 Å². The van der Waals surface area contributed by atoms with Crippen LogP contribution in [0.4, 0.5) is 18.9 Å². The molecule has 2 aliphatic rings. The summed E-state index contributed by atoms with van der Waals surface area (Å²) in [5, 5.41) is 13.0. The lowest BCUT2D eigenvalue weighted by molar-refractivity contribution is -0.268. The molecular formula is C30H33F3N4O5S. The van der Waals surface area contributed by atoms with Gasteiger partial charge in [-0.15, -0.1) is 0 Å². The van der Waals surface area contributed by atoms with Gasteiger partial charge < -0.3 is 29.4 Å². The van der Waals surface area contributed by atoms with Gasteiger partial charge in [0.15, 0.2) is 11.4 Å². The Morgan fingerprint density at radius 1 is 1.14 bits per heavy atom. The number of aryl methyl sites for hydroxylation is 1. The average molecular weight is 619 g/mol. The predicted octanol–water partition coefficient (Wildman–Crippen LogP) is 4.99. The summed E-state index contributed by atoms with van der Waals surface area (Å²) in [5.41, 5.74) is 2.67. The third kappa shape index (κ3) is 7.06. The highest BCUT2D eigenvalue weighted by atomic mass is 32.2. The maximum Gasteiger partial charge on any atom is 0.471 e. The first-order chi connectivity index (χ1) is 20.5. The Balaban J connectivity index is 1.35. The number of carbonyl (C=O) groups excluding carboxylic acids is 2. The zero-order chi connectivity index (χ0) is 30.7. The number of carbonyl (C=O) groups is 2. The van der Waals surface area contributed by atoms with E-state index in [1.165, 1.54) is 0 Å². The molecule has 9 nitrogen and oxygen atoms in total. The number of benzene rings is 2. The van der Waals surface area contributed by atoms with Gasteiger partial charge in [-0.3, -0.25) is 9.59 Å². The first kappa shape index (κ1) is 31.0. The van der Waals surface area contributed by atoms with E-state index in [2.05, 4.69) is 17.2 Å². The molecule has 0 bridgehead atoms. The third-order valence-electron chi connectivity index (χ3n) is 7.76. The number of halogens is 3. The van der Waals surface area contributed by atoms with Crippen LogP contribution >= 0.6 is 11.8 Å². The fourth-order valence-corrected chi connectivity index (χ4v) is 6.49. The van der Waals surface area contributed by atoms with Gasteiger partial charge in [-0.25, -0.2) is 4.98 Å². The van der Waals surface area contributed by atoms with Gasteiger partial charge in [0, 0.05) is 48.9 Å². The van der Waals surface area contributed by atoms with E-state index in [9.17, 15) is 27.9 Å². The van der Waals surface area contributed by atoms with Crippen LogP contribution in [0.3, 0.4) is 0 Å². The summed E-state index contributed by atoms with van der Waals surface area (Å²) in [6.07, 6.45) is -2.40. The predicted molar refractivity (Wildman–Crippen MR) is 153 cm³/mol. The number of nitrogens with one attached hydrogen (secondary N) is 1. The molecular weight excluding hydrogens is 585 g/mol. The smallest absolute Gasteiger partial charge is 0.392 e. The zero-order valence-corrected chi connectivity index (χ0v) is 24.5. The second kappa shape index (κ2) is 13.1. The van der Waals surface area contributed by atoms with E-state index in [0.29, 0.717) is 28.3 Å². The van der Waals surface area contributed by atoms with Crippen molar-refractivity contribution in [2.45, 2.75) is 62.2 Å². The first-order valence-corrected chi connectivity index (χ1v) is 14.9. The summed E-state index contributed by atoms with van der Waals surface area (Å²) >= 11 is 1.56. The Morgan fingerprint density at radius 2 is 1.91 bits per heavy atom. The number of hydrogen-bond acceptors (Lipinski definition) is 7. The number of nitrogens with zero attached hydrogens (tertiary/aromatic N) is 3. The lowest BCUT2D eigenvalue weighted by Crippen LogP contribution is -2.48.